The molecule has 1 aromatic heterocycles. The summed E-state index contributed by atoms with van der Waals surface area (Å²) < 4.78 is 2.31. The molecule has 0 bridgehead atoms. The van der Waals surface area contributed by atoms with Gasteiger partial charge >= 0.3 is 0 Å². The summed E-state index contributed by atoms with van der Waals surface area (Å²) in [6.45, 7) is 7.16. The number of benzene rings is 1. The first kappa shape index (κ1) is 14.9. The topological polar surface area (TPSA) is 41.4 Å². The number of para-hydroxylation sites is 1. The van der Waals surface area contributed by atoms with Gasteiger partial charge in [0.25, 0.3) is 0 Å². The lowest BCUT2D eigenvalue weighted by Crippen LogP contribution is -2.39. The van der Waals surface area contributed by atoms with E-state index in [0.717, 1.165) is 37.9 Å². The molecule has 0 saturated heterocycles. The zero-order chi connectivity index (χ0) is 15.4. The predicted octanol–water partition coefficient (Wildman–Crippen LogP) is 2.99. The van der Waals surface area contributed by atoms with Crippen LogP contribution in [0.2, 0.25) is 0 Å². The summed E-state index contributed by atoms with van der Waals surface area (Å²) in [5, 5.41) is 8.14. The van der Waals surface area contributed by atoms with Crippen molar-refractivity contribution < 1.29 is 0 Å². The van der Waals surface area contributed by atoms with E-state index in [1.807, 2.05) is 0 Å². The van der Waals surface area contributed by atoms with Crippen molar-refractivity contribution in [1.82, 2.24) is 15.2 Å². The molecule has 0 radical (unpaired) electrons. The summed E-state index contributed by atoms with van der Waals surface area (Å²) >= 11 is 0. The number of rotatable bonds is 6. The highest BCUT2D eigenvalue weighted by molar-refractivity contribution is 5.80. The highest BCUT2D eigenvalue weighted by atomic mass is 15.2. The second kappa shape index (κ2) is 6.86. The van der Waals surface area contributed by atoms with Crippen LogP contribution in [-0.2, 0) is 6.54 Å². The van der Waals surface area contributed by atoms with E-state index in [9.17, 15) is 0 Å². The highest BCUT2D eigenvalue weighted by Gasteiger charge is 2.33. The monoisotopic (exact) mass is 298 g/mol. The molecule has 0 spiro atoms. The van der Waals surface area contributed by atoms with Crippen LogP contribution in [0.5, 0.6) is 0 Å². The number of aliphatic imine (C=N–C) groups is 1. The second-order valence-electron chi connectivity index (χ2n) is 6.15. The van der Waals surface area contributed by atoms with Gasteiger partial charge in [0.2, 0.25) is 0 Å². The molecule has 0 aliphatic heterocycles. The van der Waals surface area contributed by atoms with E-state index >= 15 is 0 Å². The van der Waals surface area contributed by atoms with Crippen LogP contribution in [0, 0.1) is 5.92 Å². The Morgan fingerprint density at radius 1 is 1.32 bits per heavy atom. The Hall–Kier alpha value is -1.97. The van der Waals surface area contributed by atoms with Crippen molar-refractivity contribution in [2.75, 3.05) is 13.1 Å². The smallest absolute Gasteiger partial charge is 0.191 e. The minimum absolute atomic E-state index is 0.617. The van der Waals surface area contributed by atoms with Gasteiger partial charge in [0.15, 0.2) is 5.96 Å². The standard InChI is InChI=1S/C18H26N4/c1-3-19-18(21-16-13-14(16)2)20-10-6-11-22-12-9-15-7-4-5-8-17(15)22/h4-5,7-9,12,14,16H,3,6,10-11,13H2,1-2H3,(H2,19,20,21). The Kier molecular flexibility index (Phi) is 4.66. The van der Waals surface area contributed by atoms with Gasteiger partial charge in [0.05, 0.1) is 0 Å². The van der Waals surface area contributed by atoms with Gasteiger partial charge in [0, 0.05) is 37.4 Å². The van der Waals surface area contributed by atoms with E-state index < -0.39 is 0 Å². The minimum atomic E-state index is 0.617. The molecule has 118 valence electrons. The van der Waals surface area contributed by atoms with Crippen LogP contribution < -0.4 is 10.6 Å². The predicted molar refractivity (Wildman–Crippen MR) is 93.2 cm³/mol. The van der Waals surface area contributed by atoms with Crippen LogP contribution in [-0.4, -0.2) is 29.7 Å². The Labute approximate surface area is 132 Å². The van der Waals surface area contributed by atoms with Gasteiger partial charge < -0.3 is 15.2 Å². The molecular weight excluding hydrogens is 272 g/mol. The molecule has 22 heavy (non-hydrogen) atoms. The van der Waals surface area contributed by atoms with Crippen LogP contribution in [0.25, 0.3) is 10.9 Å². The first-order valence-corrected chi connectivity index (χ1v) is 8.36. The van der Waals surface area contributed by atoms with Crippen molar-refractivity contribution in [3.8, 4) is 0 Å². The molecule has 4 heteroatoms. The summed E-state index contributed by atoms with van der Waals surface area (Å²) in [4.78, 5) is 4.69. The molecule has 1 heterocycles. The zero-order valence-corrected chi connectivity index (χ0v) is 13.5. The average Bonchev–Trinajstić information content (AvgIpc) is 3.07. The van der Waals surface area contributed by atoms with Crippen LogP contribution in [0.1, 0.15) is 26.7 Å². The van der Waals surface area contributed by atoms with E-state index in [1.165, 1.54) is 17.3 Å². The third-order valence-electron chi connectivity index (χ3n) is 4.28. The Morgan fingerprint density at radius 2 is 2.14 bits per heavy atom. The third kappa shape index (κ3) is 3.62. The summed E-state index contributed by atoms with van der Waals surface area (Å²) in [7, 11) is 0. The molecule has 3 rings (SSSR count). The van der Waals surface area contributed by atoms with Crippen molar-refractivity contribution >= 4 is 16.9 Å². The Morgan fingerprint density at radius 3 is 2.91 bits per heavy atom. The first-order chi connectivity index (χ1) is 10.8. The maximum Gasteiger partial charge on any atom is 0.191 e. The van der Waals surface area contributed by atoms with E-state index in [4.69, 9.17) is 0 Å². The van der Waals surface area contributed by atoms with Crippen molar-refractivity contribution in [3.63, 3.8) is 0 Å². The van der Waals surface area contributed by atoms with Gasteiger partial charge in [-0.2, -0.15) is 0 Å². The van der Waals surface area contributed by atoms with Crippen LogP contribution in [0.3, 0.4) is 0 Å². The summed E-state index contributed by atoms with van der Waals surface area (Å²) in [6.07, 6.45) is 4.49. The largest absolute Gasteiger partial charge is 0.357 e. The number of aryl methyl sites for hydroxylation is 1. The molecule has 1 aromatic carbocycles. The molecule has 2 N–H and O–H groups in total. The van der Waals surface area contributed by atoms with E-state index in [0.29, 0.717) is 6.04 Å². The van der Waals surface area contributed by atoms with Gasteiger partial charge in [-0.05, 0) is 43.2 Å². The quantitative estimate of drug-likeness (QED) is 0.489. The highest BCUT2D eigenvalue weighted by Crippen LogP contribution is 2.28. The van der Waals surface area contributed by atoms with Crippen molar-refractivity contribution in [3.05, 3.63) is 36.5 Å². The number of guanidine groups is 1. The van der Waals surface area contributed by atoms with Crippen LogP contribution in [0.15, 0.2) is 41.5 Å². The SMILES string of the molecule is CCNC(=NCCCn1ccc2ccccc21)NC1CC1C. The molecule has 2 aromatic rings. The lowest BCUT2D eigenvalue weighted by Gasteiger charge is -2.11. The van der Waals surface area contributed by atoms with Gasteiger partial charge in [-0.15, -0.1) is 0 Å². The third-order valence-corrected chi connectivity index (χ3v) is 4.28. The fourth-order valence-electron chi connectivity index (χ4n) is 2.79. The van der Waals surface area contributed by atoms with Crippen molar-refractivity contribution in [2.45, 2.75) is 39.3 Å². The molecule has 1 aliphatic rings. The summed E-state index contributed by atoms with van der Waals surface area (Å²) in [5.74, 6) is 1.75. The first-order valence-electron chi connectivity index (χ1n) is 8.36. The number of nitrogens with one attached hydrogen (secondary N) is 2. The number of fused-ring (bicyclic) bond motifs is 1. The van der Waals surface area contributed by atoms with E-state index in [2.05, 4.69) is 70.6 Å². The van der Waals surface area contributed by atoms with Gasteiger partial charge in [-0.25, -0.2) is 0 Å². The summed E-state index contributed by atoms with van der Waals surface area (Å²) in [5.41, 5.74) is 1.31. The Balaban J connectivity index is 1.51. The van der Waals surface area contributed by atoms with E-state index in [1.54, 1.807) is 0 Å². The molecule has 2 atom stereocenters. The van der Waals surface area contributed by atoms with Crippen LogP contribution >= 0.6 is 0 Å². The lowest BCUT2D eigenvalue weighted by molar-refractivity contribution is 0.665. The maximum atomic E-state index is 4.69. The van der Waals surface area contributed by atoms with Gasteiger partial charge in [-0.3, -0.25) is 4.99 Å². The van der Waals surface area contributed by atoms with Crippen molar-refractivity contribution in [1.29, 1.82) is 0 Å². The molecule has 4 nitrogen and oxygen atoms in total. The Bertz CT molecular complexity index is 643. The fourth-order valence-corrected chi connectivity index (χ4v) is 2.79. The molecule has 0 amide bonds. The van der Waals surface area contributed by atoms with Crippen molar-refractivity contribution in [2.24, 2.45) is 10.9 Å². The zero-order valence-electron chi connectivity index (χ0n) is 13.5. The lowest BCUT2D eigenvalue weighted by atomic mass is 10.2. The second-order valence-corrected chi connectivity index (χ2v) is 6.15. The fraction of sp³-hybridized carbons (Fsp3) is 0.500. The number of hydrogen-bond donors (Lipinski definition) is 2. The minimum Gasteiger partial charge on any atom is -0.357 e. The van der Waals surface area contributed by atoms with Crippen LogP contribution in [0.4, 0.5) is 0 Å². The molecule has 1 aliphatic carbocycles. The number of aromatic nitrogens is 1. The average molecular weight is 298 g/mol. The van der Waals surface area contributed by atoms with E-state index in [-0.39, 0.29) is 0 Å². The number of nitrogens with zero attached hydrogens (tertiary/aromatic N) is 2. The molecular formula is C18H26N4. The molecule has 1 saturated carbocycles. The molecule has 2 unspecified atom stereocenters. The van der Waals surface area contributed by atoms with Gasteiger partial charge in [0.1, 0.15) is 0 Å². The molecule has 1 fully saturated rings. The maximum absolute atomic E-state index is 4.69. The summed E-state index contributed by atoms with van der Waals surface area (Å²) in [6, 6.07) is 11.3. The van der Waals surface area contributed by atoms with Gasteiger partial charge in [-0.1, -0.05) is 25.1 Å². The number of hydrogen-bond acceptors (Lipinski definition) is 1. The normalized spacial score (nSPS) is 21.1.